The molecule has 4 heterocycles. The monoisotopic (exact) mass is 330 g/mol. The fourth-order valence-electron chi connectivity index (χ4n) is 2.87. The number of benzene rings is 1. The second kappa shape index (κ2) is 5.48. The minimum Gasteiger partial charge on any atom is -0.467 e. The van der Waals surface area contributed by atoms with Gasteiger partial charge in [-0.05, 0) is 30.3 Å². The normalized spacial score (nSPS) is 11.4. The molecule has 122 valence electrons. The number of hydrogen-bond acceptors (Lipinski definition) is 4. The summed E-state index contributed by atoms with van der Waals surface area (Å²) in [7, 11) is 0. The Morgan fingerprint density at radius 3 is 2.92 bits per heavy atom. The van der Waals surface area contributed by atoms with Gasteiger partial charge in [-0.25, -0.2) is 14.3 Å². The predicted octanol–water partition coefficient (Wildman–Crippen LogP) is 3.25. The number of nitrogens with zero attached hydrogens (tertiary/aromatic N) is 5. The molecule has 0 aliphatic rings. The van der Waals surface area contributed by atoms with Gasteiger partial charge in [0.25, 0.3) is 0 Å². The van der Waals surface area contributed by atoms with Crippen LogP contribution in [0.1, 0.15) is 5.76 Å². The zero-order chi connectivity index (χ0) is 16.6. The molecule has 0 saturated heterocycles. The van der Waals surface area contributed by atoms with E-state index in [1.54, 1.807) is 18.7 Å². The Morgan fingerprint density at radius 1 is 1.08 bits per heavy atom. The summed E-state index contributed by atoms with van der Waals surface area (Å²) in [4.78, 5) is 8.05. The predicted molar refractivity (Wildman–Crippen MR) is 92.2 cm³/mol. The standard InChI is InChI=1S/C18H14N6O/c1-4-13(10-14(5-1)23-8-3-7-19-23)17-21-16-11-20-24(18(16)22-17)12-15-6-2-9-25-15/h1-11H,12H2,(H,21,22). The molecule has 7 heteroatoms. The summed E-state index contributed by atoms with van der Waals surface area (Å²) < 4.78 is 9.04. The van der Waals surface area contributed by atoms with Crippen LogP contribution in [0.5, 0.6) is 0 Å². The van der Waals surface area contributed by atoms with Gasteiger partial charge in [0.2, 0.25) is 0 Å². The summed E-state index contributed by atoms with van der Waals surface area (Å²) in [6, 6.07) is 13.8. The molecule has 4 aromatic heterocycles. The Morgan fingerprint density at radius 2 is 2.08 bits per heavy atom. The van der Waals surface area contributed by atoms with Crippen LogP contribution in [0.15, 0.2) is 71.7 Å². The van der Waals surface area contributed by atoms with Crippen molar-refractivity contribution >= 4 is 11.2 Å². The zero-order valence-electron chi connectivity index (χ0n) is 13.2. The maximum atomic E-state index is 5.40. The van der Waals surface area contributed by atoms with Gasteiger partial charge in [-0.15, -0.1) is 0 Å². The van der Waals surface area contributed by atoms with Crippen molar-refractivity contribution in [1.29, 1.82) is 0 Å². The highest BCUT2D eigenvalue weighted by Gasteiger charge is 2.12. The van der Waals surface area contributed by atoms with Crippen molar-refractivity contribution in [1.82, 2.24) is 29.5 Å². The average molecular weight is 330 g/mol. The number of imidazole rings is 1. The fourth-order valence-corrected chi connectivity index (χ4v) is 2.87. The molecule has 7 nitrogen and oxygen atoms in total. The van der Waals surface area contributed by atoms with E-state index in [0.29, 0.717) is 6.54 Å². The third-order valence-electron chi connectivity index (χ3n) is 4.06. The van der Waals surface area contributed by atoms with Crippen molar-refractivity contribution < 1.29 is 4.42 Å². The van der Waals surface area contributed by atoms with E-state index in [-0.39, 0.29) is 0 Å². The quantitative estimate of drug-likeness (QED) is 0.549. The van der Waals surface area contributed by atoms with Crippen LogP contribution < -0.4 is 0 Å². The SMILES string of the molecule is c1cc(-c2nc3c(cnn3Cc3ccco3)[nH]2)cc(-n2cccn2)c1. The Bertz CT molecular complexity index is 1120. The first-order valence-corrected chi connectivity index (χ1v) is 7.91. The summed E-state index contributed by atoms with van der Waals surface area (Å²) in [5.74, 6) is 1.64. The van der Waals surface area contributed by atoms with Gasteiger partial charge in [0.1, 0.15) is 23.6 Å². The Labute approximate surface area is 142 Å². The van der Waals surface area contributed by atoms with Gasteiger partial charge in [-0.3, -0.25) is 0 Å². The van der Waals surface area contributed by atoms with Gasteiger partial charge < -0.3 is 9.40 Å². The molecule has 5 aromatic rings. The summed E-state index contributed by atoms with van der Waals surface area (Å²) in [6.07, 6.45) is 7.12. The van der Waals surface area contributed by atoms with E-state index in [2.05, 4.69) is 21.2 Å². The molecule has 0 atom stereocenters. The summed E-state index contributed by atoms with van der Waals surface area (Å²) in [5.41, 5.74) is 3.68. The highest BCUT2D eigenvalue weighted by Crippen LogP contribution is 2.23. The minimum atomic E-state index is 0.550. The van der Waals surface area contributed by atoms with Crippen molar-refractivity contribution in [2.75, 3.05) is 0 Å². The van der Waals surface area contributed by atoms with Crippen molar-refractivity contribution in [2.24, 2.45) is 0 Å². The number of furan rings is 1. The lowest BCUT2D eigenvalue weighted by Gasteiger charge is -2.03. The molecule has 0 amide bonds. The molecule has 0 aliphatic heterocycles. The van der Waals surface area contributed by atoms with Crippen LogP contribution in [0.3, 0.4) is 0 Å². The molecule has 0 saturated carbocycles. The molecule has 0 spiro atoms. The van der Waals surface area contributed by atoms with Crippen LogP contribution in [0.4, 0.5) is 0 Å². The Balaban J connectivity index is 1.53. The Kier molecular flexibility index (Phi) is 3.03. The average Bonchev–Trinajstić information content (AvgIpc) is 3.42. The molecule has 0 unspecified atom stereocenters. The van der Waals surface area contributed by atoms with E-state index >= 15 is 0 Å². The van der Waals surface area contributed by atoms with E-state index in [9.17, 15) is 0 Å². The largest absolute Gasteiger partial charge is 0.467 e. The smallest absolute Gasteiger partial charge is 0.177 e. The van der Waals surface area contributed by atoms with Crippen molar-refractivity contribution in [3.63, 3.8) is 0 Å². The first-order valence-electron chi connectivity index (χ1n) is 7.91. The van der Waals surface area contributed by atoms with E-state index in [4.69, 9.17) is 9.40 Å². The van der Waals surface area contributed by atoms with Crippen LogP contribution in [0, 0.1) is 0 Å². The van der Waals surface area contributed by atoms with Gasteiger partial charge in [0.15, 0.2) is 5.65 Å². The molecule has 0 radical (unpaired) electrons. The number of rotatable bonds is 4. The molecule has 1 aromatic carbocycles. The van der Waals surface area contributed by atoms with Crippen molar-refractivity contribution in [2.45, 2.75) is 6.54 Å². The van der Waals surface area contributed by atoms with Crippen LogP contribution in [0.2, 0.25) is 0 Å². The third-order valence-corrected chi connectivity index (χ3v) is 4.06. The molecular weight excluding hydrogens is 316 g/mol. The zero-order valence-corrected chi connectivity index (χ0v) is 13.2. The minimum absolute atomic E-state index is 0.550. The van der Waals surface area contributed by atoms with E-state index in [1.165, 1.54) is 0 Å². The number of H-pyrrole nitrogens is 1. The molecular formula is C18H14N6O. The molecule has 25 heavy (non-hydrogen) atoms. The molecule has 0 fully saturated rings. The van der Waals surface area contributed by atoms with Gasteiger partial charge in [-0.1, -0.05) is 12.1 Å². The first-order chi connectivity index (χ1) is 12.4. The highest BCUT2D eigenvalue weighted by atomic mass is 16.3. The lowest BCUT2D eigenvalue weighted by Crippen LogP contribution is -2.00. The summed E-state index contributed by atoms with van der Waals surface area (Å²) in [5, 5.41) is 8.64. The summed E-state index contributed by atoms with van der Waals surface area (Å²) >= 11 is 0. The number of nitrogens with one attached hydrogen (secondary N) is 1. The number of hydrogen-bond donors (Lipinski definition) is 1. The second-order valence-corrected chi connectivity index (χ2v) is 5.71. The third kappa shape index (κ3) is 2.42. The second-order valence-electron chi connectivity index (χ2n) is 5.71. The first kappa shape index (κ1) is 13.8. The highest BCUT2D eigenvalue weighted by molar-refractivity contribution is 5.76. The van der Waals surface area contributed by atoms with Crippen LogP contribution in [-0.4, -0.2) is 29.5 Å². The molecule has 1 N–H and O–H groups in total. The lowest BCUT2D eigenvalue weighted by molar-refractivity contribution is 0.483. The maximum Gasteiger partial charge on any atom is 0.177 e. The van der Waals surface area contributed by atoms with E-state index in [0.717, 1.165) is 34.0 Å². The van der Waals surface area contributed by atoms with Crippen LogP contribution in [-0.2, 0) is 6.54 Å². The van der Waals surface area contributed by atoms with Crippen LogP contribution >= 0.6 is 0 Å². The van der Waals surface area contributed by atoms with Gasteiger partial charge in [0, 0.05) is 18.0 Å². The number of fused-ring (bicyclic) bond motifs is 1. The van der Waals surface area contributed by atoms with Gasteiger partial charge in [0.05, 0.1) is 18.1 Å². The Hall–Kier alpha value is -3.61. The van der Waals surface area contributed by atoms with Crippen molar-refractivity contribution in [3.05, 3.63) is 73.1 Å². The molecule has 5 rings (SSSR count). The van der Waals surface area contributed by atoms with Crippen LogP contribution in [0.25, 0.3) is 28.2 Å². The molecule has 0 bridgehead atoms. The fraction of sp³-hybridized carbons (Fsp3) is 0.0556. The lowest BCUT2D eigenvalue weighted by atomic mass is 10.2. The summed E-state index contributed by atoms with van der Waals surface area (Å²) in [6.45, 7) is 0.550. The van der Waals surface area contributed by atoms with Crippen molar-refractivity contribution in [3.8, 4) is 17.1 Å². The topological polar surface area (TPSA) is 77.5 Å². The van der Waals surface area contributed by atoms with E-state index < -0.39 is 0 Å². The van der Waals surface area contributed by atoms with Gasteiger partial charge >= 0.3 is 0 Å². The number of aromatic nitrogens is 6. The van der Waals surface area contributed by atoms with Gasteiger partial charge in [-0.2, -0.15) is 10.2 Å². The maximum absolute atomic E-state index is 5.40. The molecule has 0 aliphatic carbocycles. The number of aromatic amines is 1. The van der Waals surface area contributed by atoms with E-state index in [1.807, 2.05) is 52.0 Å².